The van der Waals surface area contributed by atoms with Crippen molar-refractivity contribution in [2.75, 3.05) is 36.0 Å². The summed E-state index contributed by atoms with van der Waals surface area (Å²) in [6, 6.07) is 8.57. The zero-order valence-corrected chi connectivity index (χ0v) is 13.1. The molecule has 1 aliphatic heterocycles. The number of nitrogens with one attached hydrogen (secondary N) is 1. The molecule has 2 heterocycles. The third-order valence-corrected chi connectivity index (χ3v) is 4.00. The average molecular weight is 338 g/mol. The molecule has 1 aromatic heterocycles. The molecule has 0 aliphatic carbocycles. The smallest absolute Gasteiger partial charge is 0.368 e. The third kappa shape index (κ3) is 3.52. The maximum absolute atomic E-state index is 12.8. The highest BCUT2D eigenvalue weighted by Crippen LogP contribution is 2.27. The fraction of sp³-hybridized carbons (Fsp3) is 0.375. The summed E-state index contributed by atoms with van der Waals surface area (Å²) in [5.74, 6) is -0.0293. The lowest BCUT2D eigenvalue weighted by Crippen LogP contribution is -2.47. The Morgan fingerprint density at radius 3 is 2.21 bits per heavy atom. The number of nitrogens with zero attached hydrogens (tertiary/aromatic N) is 3. The summed E-state index contributed by atoms with van der Waals surface area (Å²) in [6.07, 6.45) is -4.63. The van der Waals surface area contributed by atoms with Gasteiger partial charge in [0, 0.05) is 37.9 Å². The first-order valence-corrected chi connectivity index (χ1v) is 7.58. The van der Waals surface area contributed by atoms with Crippen LogP contribution in [0.15, 0.2) is 35.1 Å². The van der Waals surface area contributed by atoms with Gasteiger partial charge in [0.25, 0.3) is 5.56 Å². The van der Waals surface area contributed by atoms with E-state index < -0.39 is 17.4 Å². The monoisotopic (exact) mass is 338 g/mol. The molecule has 128 valence electrons. The molecular weight excluding hydrogens is 321 g/mol. The largest absolute Gasteiger partial charge is 0.433 e. The van der Waals surface area contributed by atoms with Gasteiger partial charge in [0.05, 0.1) is 0 Å². The molecule has 0 bridgehead atoms. The first-order chi connectivity index (χ1) is 11.3. The van der Waals surface area contributed by atoms with Gasteiger partial charge in [-0.25, -0.2) is 4.98 Å². The lowest BCUT2D eigenvalue weighted by molar-refractivity contribution is -0.141. The summed E-state index contributed by atoms with van der Waals surface area (Å²) in [5, 5.41) is 0. The van der Waals surface area contributed by atoms with Crippen molar-refractivity contribution < 1.29 is 13.2 Å². The summed E-state index contributed by atoms with van der Waals surface area (Å²) in [4.78, 5) is 21.3. The summed E-state index contributed by atoms with van der Waals surface area (Å²) in [6.45, 7) is 4.26. The van der Waals surface area contributed by atoms with Gasteiger partial charge in [0.15, 0.2) is 5.69 Å². The predicted molar refractivity (Wildman–Crippen MR) is 85.5 cm³/mol. The molecule has 1 aliphatic rings. The lowest BCUT2D eigenvalue weighted by Gasteiger charge is -2.36. The number of alkyl halides is 3. The molecule has 1 aromatic carbocycles. The molecule has 8 heteroatoms. The minimum atomic E-state index is -4.63. The number of aromatic amines is 1. The number of benzene rings is 1. The summed E-state index contributed by atoms with van der Waals surface area (Å²) in [5.41, 5.74) is 0.282. The molecule has 0 radical (unpaired) electrons. The third-order valence-electron chi connectivity index (χ3n) is 4.00. The van der Waals surface area contributed by atoms with E-state index in [2.05, 4.69) is 14.9 Å². The standard InChI is InChI=1S/C16H17F3N4O/c1-11-2-4-12(5-3-11)22-6-8-23(9-7-22)15-20-13(16(17,18)19)10-14(24)21-15/h2-5,10H,6-9H2,1H3,(H,20,21,24). The first-order valence-electron chi connectivity index (χ1n) is 7.58. The van der Waals surface area contributed by atoms with Gasteiger partial charge in [0.1, 0.15) is 0 Å². The van der Waals surface area contributed by atoms with Gasteiger partial charge in [-0.3, -0.25) is 9.78 Å². The van der Waals surface area contributed by atoms with E-state index in [1.165, 1.54) is 5.56 Å². The highest BCUT2D eigenvalue weighted by Gasteiger charge is 2.34. The van der Waals surface area contributed by atoms with Crippen molar-refractivity contribution in [3.8, 4) is 0 Å². The van der Waals surface area contributed by atoms with E-state index in [0.717, 1.165) is 5.69 Å². The molecule has 1 fully saturated rings. The number of aromatic nitrogens is 2. The van der Waals surface area contributed by atoms with Gasteiger partial charge in [-0.2, -0.15) is 13.2 Å². The fourth-order valence-electron chi connectivity index (χ4n) is 2.67. The Balaban J connectivity index is 1.74. The first kappa shape index (κ1) is 16.4. The zero-order chi connectivity index (χ0) is 17.3. The molecule has 2 aromatic rings. The minimum absolute atomic E-state index is 0.0293. The van der Waals surface area contributed by atoms with E-state index in [0.29, 0.717) is 32.2 Å². The quantitative estimate of drug-likeness (QED) is 0.914. The molecule has 5 nitrogen and oxygen atoms in total. The van der Waals surface area contributed by atoms with Crippen LogP contribution < -0.4 is 15.4 Å². The van der Waals surface area contributed by atoms with Gasteiger partial charge in [0.2, 0.25) is 5.95 Å². The number of hydrogen-bond acceptors (Lipinski definition) is 4. The number of rotatable bonds is 2. The number of hydrogen-bond donors (Lipinski definition) is 1. The van der Waals surface area contributed by atoms with E-state index in [9.17, 15) is 18.0 Å². The Bertz CT molecular complexity index is 762. The highest BCUT2D eigenvalue weighted by atomic mass is 19.4. The van der Waals surface area contributed by atoms with E-state index in [1.54, 1.807) is 4.90 Å². The van der Waals surface area contributed by atoms with Gasteiger partial charge in [-0.1, -0.05) is 17.7 Å². The van der Waals surface area contributed by atoms with Crippen LogP contribution in [0, 0.1) is 6.92 Å². The molecular formula is C16H17F3N4O. The molecule has 1 N–H and O–H groups in total. The second-order valence-corrected chi connectivity index (χ2v) is 5.76. The molecule has 1 saturated heterocycles. The maximum atomic E-state index is 12.8. The van der Waals surface area contributed by atoms with Gasteiger partial charge in [-0.05, 0) is 19.1 Å². The van der Waals surface area contributed by atoms with Crippen LogP contribution in [0.3, 0.4) is 0 Å². The summed E-state index contributed by atoms with van der Waals surface area (Å²) in [7, 11) is 0. The van der Waals surface area contributed by atoms with Gasteiger partial charge < -0.3 is 9.80 Å². The number of H-pyrrole nitrogens is 1. The minimum Gasteiger partial charge on any atom is -0.368 e. The van der Waals surface area contributed by atoms with Crippen LogP contribution in [0.25, 0.3) is 0 Å². The van der Waals surface area contributed by atoms with E-state index >= 15 is 0 Å². The van der Waals surface area contributed by atoms with Crippen LogP contribution in [0.4, 0.5) is 24.8 Å². The van der Waals surface area contributed by atoms with E-state index in [-0.39, 0.29) is 5.95 Å². The predicted octanol–water partition coefficient (Wildman–Crippen LogP) is 2.42. The number of piperazine rings is 1. The van der Waals surface area contributed by atoms with Crippen molar-refractivity contribution >= 4 is 11.6 Å². The average Bonchev–Trinajstić information content (AvgIpc) is 2.54. The Labute approximate surface area is 136 Å². The van der Waals surface area contributed by atoms with Crippen LogP contribution in [-0.2, 0) is 6.18 Å². The Morgan fingerprint density at radius 2 is 1.62 bits per heavy atom. The topological polar surface area (TPSA) is 52.2 Å². The van der Waals surface area contributed by atoms with Crippen LogP contribution in [0.2, 0.25) is 0 Å². The second-order valence-electron chi connectivity index (χ2n) is 5.76. The normalized spacial score (nSPS) is 15.7. The van der Waals surface area contributed by atoms with Crippen LogP contribution >= 0.6 is 0 Å². The second kappa shape index (κ2) is 6.18. The van der Waals surface area contributed by atoms with Crippen LogP contribution in [-0.4, -0.2) is 36.1 Å². The molecule has 24 heavy (non-hydrogen) atoms. The van der Waals surface area contributed by atoms with E-state index in [4.69, 9.17) is 0 Å². The van der Waals surface area contributed by atoms with Crippen molar-refractivity contribution in [2.24, 2.45) is 0 Å². The van der Waals surface area contributed by atoms with Crippen molar-refractivity contribution in [1.29, 1.82) is 0 Å². The van der Waals surface area contributed by atoms with Crippen molar-refractivity contribution in [2.45, 2.75) is 13.1 Å². The van der Waals surface area contributed by atoms with Crippen molar-refractivity contribution in [3.63, 3.8) is 0 Å². The summed E-state index contributed by atoms with van der Waals surface area (Å²) < 4.78 is 38.4. The van der Waals surface area contributed by atoms with E-state index in [1.807, 2.05) is 31.2 Å². The van der Waals surface area contributed by atoms with Crippen LogP contribution in [0.1, 0.15) is 11.3 Å². The molecule has 0 spiro atoms. The lowest BCUT2D eigenvalue weighted by atomic mass is 10.2. The number of anilines is 2. The van der Waals surface area contributed by atoms with Crippen molar-refractivity contribution in [1.82, 2.24) is 9.97 Å². The Morgan fingerprint density at radius 1 is 1.04 bits per heavy atom. The van der Waals surface area contributed by atoms with Crippen molar-refractivity contribution in [3.05, 3.63) is 51.9 Å². The number of halogens is 3. The Hall–Kier alpha value is -2.51. The SMILES string of the molecule is Cc1ccc(N2CCN(c3nc(C(F)(F)F)cc(=O)[nH]3)CC2)cc1. The molecule has 0 atom stereocenters. The molecule has 0 saturated carbocycles. The van der Waals surface area contributed by atoms with Crippen LogP contribution in [0.5, 0.6) is 0 Å². The van der Waals surface area contributed by atoms with Gasteiger partial charge in [-0.15, -0.1) is 0 Å². The molecule has 0 amide bonds. The summed E-state index contributed by atoms with van der Waals surface area (Å²) >= 11 is 0. The molecule has 3 rings (SSSR count). The zero-order valence-electron chi connectivity index (χ0n) is 13.1. The van der Waals surface area contributed by atoms with Gasteiger partial charge >= 0.3 is 6.18 Å². The highest BCUT2D eigenvalue weighted by molar-refractivity contribution is 5.49. The maximum Gasteiger partial charge on any atom is 0.433 e. The number of aryl methyl sites for hydroxylation is 1. The fourth-order valence-corrected chi connectivity index (χ4v) is 2.67. The Kier molecular flexibility index (Phi) is 4.21. The molecule has 0 unspecified atom stereocenters.